The van der Waals surface area contributed by atoms with Gasteiger partial charge >= 0.3 is 0 Å². The number of hydrogen-bond donors (Lipinski definition) is 2. The molecule has 2 N–H and O–H groups in total. The number of benzene rings is 3. The van der Waals surface area contributed by atoms with Gasteiger partial charge in [-0.25, -0.2) is 13.9 Å². The van der Waals surface area contributed by atoms with Crippen LogP contribution < -0.4 is 10.9 Å². The summed E-state index contributed by atoms with van der Waals surface area (Å²) in [6.07, 6.45) is 29.4. The molecule has 4 saturated heterocycles. The van der Waals surface area contributed by atoms with Crippen LogP contribution in [0.5, 0.6) is 0 Å². The van der Waals surface area contributed by atoms with Crippen LogP contribution in [0.15, 0.2) is 65.5 Å². The highest BCUT2D eigenvalue weighted by atomic mass is 19.1. The molecular weight excluding hydrogens is 1090 g/mol. The molecule has 2 atom stereocenters. The van der Waals surface area contributed by atoms with Gasteiger partial charge in [-0.1, -0.05) is 140 Å². The molecule has 1 aromatic heterocycles. The van der Waals surface area contributed by atoms with Crippen LogP contribution >= 0.6 is 0 Å². The van der Waals surface area contributed by atoms with Gasteiger partial charge in [0.2, 0.25) is 17.7 Å². The van der Waals surface area contributed by atoms with E-state index in [4.69, 9.17) is 0 Å². The first-order valence-corrected chi connectivity index (χ1v) is 33.6. The molecule has 5 amide bonds. The highest BCUT2D eigenvalue weighted by molar-refractivity contribution is 5.98. The summed E-state index contributed by atoms with van der Waals surface area (Å²) in [4.78, 5) is 90.0. The number of fused-ring (bicyclic) bond motifs is 1. The highest BCUT2D eigenvalue weighted by Crippen LogP contribution is 2.37. The van der Waals surface area contributed by atoms with Gasteiger partial charge in [-0.15, -0.1) is 0 Å². The molecule has 4 aromatic rings. The lowest BCUT2D eigenvalue weighted by molar-refractivity contribution is -0.137. The lowest BCUT2D eigenvalue weighted by Crippen LogP contribution is -2.54. The molecule has 7 aliphatic rings. The van der Waals surface area contributed by atoms with Crippen molar-refractivity contribution < 1.29 is 32.8 Å². The molecule has 468 valence electrons. The minimum atomic E-state index is -0.707. The molecule has 3 saturated carbocycles. The third-order valence-electron chi connectivity index (χ3n) is 19.7. The van der Waals surface area contributed by atoms with Crippen molar-refractivity contribution in [3.8, 4) is 0 Å². The number of H-pyrrole nitrogens is 1. The van der Waals surface area contributed by atoms with Crippen molar-refractivity contribution in [3.05, 3.63) is 111 Å². The van der Waals surface area contributed by atoms with Crippen LogP contribution in [0.3, 0.4) is 0 Å². The largest absolute Gasteiger partial charge is 0.342 e. The van der Waals surface area contributed by atoms with Crippen molar-refractivity contribution in [1.29, 1.82) is 0 Å². The summed E-state index contributed by atoms with van der Waals surface area (Å²) in [6, 6.07) is 15.9. The molecule has 5 heterocycles. The average molecular weight is 1190 g/mol. The van der Waals surface area contributed by atoms with E-state index in [0.717, 1.165) is 103 Å². The summed E-state index contributed by atoms with van der Waals surface area (Å²) in [5, 5.41) is 11.0. The van der Waals surface area contributed by atoms with E-state index >= 15 is 8.78 Å². The highest BCUT2D eigenvalue weighted by Gasteiger charge is 2.39. The second-order valence-electron chi connectivity index (χ2n) is 26.1. The number of unbranched alkanes of at least 4 members (excludes halogenated alkanes) is 4. The second kappa shape index (κ2) is 32.3. The maximum atomic E-state index is 16.3. The van der Waals surface area contributed by atoms with E-state index in [1.807, 2.05) is 21.9 Å². The van der Waals surface area contributed by atoms with Gasteiger partial charge in [0, 0.05) is 76.0 Å². The number of likely N-dealkylation sites (tertiary alicyclic amines) is 3. The maximum absolute atomic E-state index is 16.3. The quantitative estimate of drug-likeness (QED) is 0.0989. The number of carbonyl (C=O) groups excluding carboxylic acids is 5. The molecule has 11 rings (SSSR count). The maximum Gasteiger partial charge on any atom is 0.272 e. The number of carbonyl (C=O) groups is 5. The minimum absolute atomic E-state index is 0.00243. The Labute approximate surface area is 510 Å². The molecule has 3 aliphatic carbocycles. The zero-order chi connectivity index (χ0) is 60.4. The van der Waals surface area contributed by atoms with Crippen molar-refractivity contribution in [2.75, 3.05) is 72.0 Å². The minimum Gasteiger partial charge on any atom is -0.342 e. The van der Waals surface area contributed by atoms with Crippen LogP contribution in [0.1, 0.15) is 218 Å². The summed E-state index contributed by atoms with van der Waals surface area (Å²) >= 11 is 0. The zero-order valence-corrected chi connectivity index (χ0v) is 51.8. The Morgan fingerprint density at radius 3 is 1.90 bits per heavy atom. The standard InChI is InChI=1S/C57H70F2N8O6.C7H16.C6H12/c58-48-18-15-39(34-49-44-11-4-5-12-45(44)54(70)62-61-49)33-47(48)56(72)66-30-28-64(29-31-66)50(68)36-63-24-19-37(20-25-63)32-38-21-26-65(27-22-38)57(73)52(40-8-2-1-3-9-40)60-53(69)46-14-6-13-43(51(46)59)42-10-7-23-67(35-42)55(71)41-16-17-41;1-3-5-7-6-4-2;1-2-4-6-5-3-1/h4-6,11-15,18,33,37-38,40-42,52H,1-3,7-10,16-17,19-32,34-36H2,(H,60,69)(H,62,70);3-7H2,1-2H3;1-6H2. The van der Waals surface area contributed by atoms with Crippen LogP contribution in [0.25, 0.3) is 10.8 Å². The summed E-state index contributed by atoms with van der Waals surface area (Å²) in [5.41, 5.74) is 1.43. The second-order valence-corrected chi connectivity index (χ2v) is 26.1. The summed E-state index contributed by atoms with van der Waals surface area (Å²) < 4.78 is 31.4. The number of aromatic nitrogens is 2. The number of hydrogen-bond acceptors (Lipinski definition) is 8. The molecule has 3 aromatic carbocycles. The Hall–Kier alpha value is -6.03. The predicted octanol–water partition coefficient (Wildman–Crippen LogP) is 12.2. The van der Waals surface area contributed by atoms with E-state index in [1.165, 1.54) is 82.8 Å². The number of halogens is 2. The fraction of sp³-hybridized carbons (Fsp3) is 0.643. The lowest BCUT2D eigenvalue weighted by Gasteiger charge is -2.39. The number of piperazine rings is 1. The molecule has 0 spiro atoms. The summed E-state index contributed by atoms with van der Waals surface area (Å²) in [6.45, 7) is 10.3. The van der Waals surface area contributed by atoms with Gasteiger partial charge in [0.15, 0.2) is 0 Å². The number of aromatic amines is 1. The molecule has 7 fully saturated rings. The normalized spacial score (nSPS) is 20.5. The van der Waals surface area contributed by atoms with Gasteiger partial charge in [0.05, 0.1) is 28.8 Å². The first-order valence-electron chi connectivity index (χ1n) is 33.6. The average Bonchev–Trinajstić information content (AvgIpc) is 3.63. The molecule has 16 heteroatoms. The van der Waals surface area contributed by atoms with Gasteiger partial charge in [-0.2, -0.15) is 5.10 Å². The van der Waals surface area contributed by atoms with Crippen LogP contribution in [0.4, 0.5) is 8.78 Å². The first kappa shape index (κ1) is 64.4. The lowest BCUT2D eigenvalue weighted by atomic mass is 9.81. The third-order valence-corrected chi connectivity index (χ3v) is 19.7. The van der Waals surface area contributed by atoms with E-state index in [-0.39, 0.29) is 52.2 Å². The molecule has 4 aliphatic heterocycles. The summed E-state index contributed by atoms with van der Waals surface area (Å²) in [5.74, 6) is -1.02. The number of amides is 5. The third kappa shape index (κ3) is 17.6. The van der Waals surface area contributed by atoms with Crippen LogP contribution in [0, 0.1) is 35.3 Å². The van der Waals surface area contributed by atoms with Gasteiger partial charge < -0.3 is 24.9 Å². The molecule has 14 nitrogen and oxygen atoms in total. The van der Waals surface area contributed by atoms with Gasteiger partial charge in [-0.05, 0) is 137 Å². The zero-order valence-electron chi connectivity index (χ0n) is 51.8. The van der Waals surface area contributed by atoms with E-state index < -0.39 is 29.5 Å². The van der Waals surface area contributed by atoms with E-state index in [1.54, 1.807) is 46.2 Å². The number of piperidine rings is 3. The summed E-state index contributed by atoms with van der Waals surface area (Å²) in [7, 11) is 0. The molecular formula is C70H98F2N8O6. The van der Waals surface area contributed by atoms with Crippen LogP contribution in [-0.2, 0) is 20.8 Å². The fourth-order valence-electron chi connectivity index (χ4n) is 14.3. The van der Waals surface area contributed by atoms with E-state index in [0.29, 0.717) is 105 Å². The molecule has 86 heavy (non-hydrogen) atoms. The van der Waals surface area contributed by atoms with Crippen LogP contribution in [-0.4, -0.2) is 142 Å². The van der Waals surface area contributed by atoms with E-state index in [9.17, 15) is 28.8 Å². The number of rotatable bonds is 17. The van der Waals surface area contributed by atoms with Crippen molar-refractivity contribution >= 4 is 40.3 Å². The van der Waals surface area contributed by atoms with Gasteiger partial charge in [0.1, 0.15) is 17.7 Å². The smallest absolute Gasteiger partial charge is 0.272 e. The van der Waals surface area contributed by atoms with Gasteiger partial charge in [0.25, 0.3) is 17.4 Å². The van der Waals surface area contributed by atoms with Gasteiger partial charge in [-0.3, -0.25) is 33.7 Å². The van der Waals surface area contributed by atoms with Crippen molar-refractivity contribution in [1.82, 2.24) is 40.0 Å². The topological polar surface area (TPSA) is 159 Å². The SMILES string of the molecule is C1CCCCC1.CCCCCCC.O=C(NC(C(=O)N1CCC(CC2CCN(CC(=O)N3CCN(C(=O)c4cc(Cc5n[nH]c(=O)c6ccccc56)ccc4F)CC3)CC2)CC1)C1CCCCC1)c1cccc(C2CCCN(C(=O)C3CC3)C2)c1F. The Morgan fingerprint density at radius 1 is 0.616 bits per heavy atom. The predicted molar refractivity (Wildman–Crippen MR) is 335 cm³/mol. The Bertz CT molecular complexity index is 2920. The van der Waals surface area contributed by atoms with Crippen molar-refractivity contribution in [2.24, 2.45) is 23.7 Å². The number of nitrogens with zero attached hydrogens (tertiary/aromatic N) is 6. The molecule has 0 radical (unpaired) electrons. The van der Waals surface area contributed by atoms with Crippen molar-refractivity contribution in [3.63, 3.8) is 0 Å². The monoisotopic (exact) mass is 1180 g/mol. The number of nitrogens with one attached hydrogen (secondary N) is 2. The fourth-order valence-corrected chi connectivity index (χ4v) is 14.3. The Balaban J connectivity index is 0.000000607. The van der Waals surface area contributed by atoms with Crippen LogP contribution in [0.2, 0.25) is 0 Å². The first-order chi connectivity index (χ1) is 41.9. The molecule has 2 unspecified atom stereocenters. The van der Waals surface area contributed by atoms with E-state index in [2.05, 4.69) is 34.3 Å². The Morgan fingerprint density at radius 2 is 1.24 bits per heavy atom. The van der Waals surface area contributed by atoms with Crippen molar-refractivity contribution in [2.45, 2.75) is 193 Å². The molecule has 0 bridgehead atoms. The Kier molecular flexibility index (Phi) is 24.2.